The molecule has 2 aromatic rings. The Bertz CT molecular complexity index is 605. The van der Waals surface area contributed by atoms with Crippen LogP contribution in [0.4, 0.5) is 17.3 Å². The molecule has 0 aliphatic carbocycles. The fraction of sp³-hybridized carbons (Fsp3) is 0.412. The first kappa shape index (κ1) is 15.3. The second-order valence-corrected chi connectivity index (χ2v) is 5.77. The van der Waals surface area contributed by atoms with Crippen molar-refractivity contribution in [2.75, 3.05) is 17.7 Å². The van der Waals surface area contributed by atoms with Gasteiger partial charge in [-0.25, -0.2) is 9.97 Å². The largest absolute Gasteiger partial charge is 0.373 e. The summed E-state index contributed by atoms with van der Waals surface area (Å²) >= 11 is 0. The summed E-state index contributed by atoms with van der Waals surface area (Å²) in [4.78, 5) is 9.10. The Morgan fingerprint density at radius 2 is 1.57 bits per heavy atom. The van der Waals surface area contributed by atoms with Crippen molar-refractivity contribution >= 4 is 17.3 Å². The van der Waals surface area contributed by atoms with Crippen LogP contribution >= 0.6 is 0 Å². The van der Waals surface area contributed by atoms with Crippen LogP contribution in [0, 0.1) is 0 Å². The smallest absolute Gasteiger partial charge is 0.136 e. The Morgan fingerprint density at radius 1 is 0.905 bits per heavy atom. The summed E-state index contributed by atoms with van der Waals surface area (Å²) in [7, 11) is 1.87. The lowest BCUT2D eigenvalue weighted by molar-refractivity contribution is 0.777. The molecule has 0 bridgehead atoms. The molecule has 2 N–H and O–H groups in total. The molecule has 112 valence electrons. The molecule has 0 aliphatic heterocycles. The first-order valence-electron chi connectivity index (χ1n) is 7.44. The van der Waals surface area contributed by atoms with Gasteiger partial charge in [0, 0.05) is 24.7 Å². The van der Waals surface area contributed by atoms with E-state index in [1.807, 2.05) is 19.2 Å². The number of rotatable bonds is 5. The van der Waals surface area contributed by atoms with Gasteiger partial charge in [-0.2, -0.15) is 0 Å². The van der Waals surface area contributed by atoms with Gasteiger partial charge in [0.15, 0.2) is 0 Å². The molecule has 0 amide bonds. The molecule has 0 radical (unpaired) electrons. The Kier molecular flexibility index (Phi) is 4.78. The van der Waals surface area contributed by atoms with Crippen LogP contribution in [-0.2, 0) is 0 Å². The first-order chi connectivity index (χ1) is 10.0. The highest BCUT2D eigenvalue weighted by Gasteiger charge is 2.10. The minimum absolute atomic E-state index is 0.291. The van der Waals surface area contributed by atoms with Crippen molar-refractivity contribution < 1.29 is 0 Å². The predicted molar refractivity (Wildman–Crippen MR) is 89.5 cm³/mol. The summed E-state index contributed by atoms with van der Waals surface area (Å²) in [5.74, 6) is 3.25. The van der Waals surface area contributed by atoms with Crippen LogP contribution in [0.1, 0.15) is 50.9 Å². The fourth-order valence-corrected chi connectivity index (χ4v) is 2.17. The van der Waals surface area contributed by atoms with Gasteiger partial charge < -0.3 is 10.6 Å². The number of hydrogen-bond acceptors (Lipinski definition) is 4. The van der Waals surface area contributed by atoms with Gasteiger partial charge in [0.1, 0.15) is 17.5 Å². The SMILES string of the molecule is CNc1cc(Nc2ccccc2C(C)C)nc(C(C)C)n1. The van der Waals surface area contributed by atoms with Crippen molar-refractivity contribution in [2.45, 2.75) is 39.5 Å². The van der Waals surface area contributed by atoms with E-state index in [0.29, 0.717) is 11.8 Å². The Labute approximate surface area is 127 Å². The molecule has 0 spiro atoms. The van der Waals surface area contributed by atoms with Gasteiger partial charge in [-0.05, 0) is 17.5 Å². The molecule has 0 atom stereocenters. The van der Waals surface area contributed by atoms with Crippen molar-refractivity contribution in [2.24, 2.45) is 0 Å². The van der Waals surface area contributed by atoms with Crippen LogP contribution in [0.2, 0.25) is 0 Å². The summed E-state index contributed by atoms with van der Waals surface area (Å²) in [6, 6.07) is 10.3. The lowest BCUT2D eigenvalue weighted by Crippen LogP contribution is -2.06. The standard InChI is InChI=1S/C17H24N4/c1-11(2)13-8-6-7-9-14(13)19-16-10-15(18-5)20-17(21-16)12(3)4/h6-12H,1-5H3,(H2,18,19,20,21). The van der Waals surface area contributed by atoms with Gasteiger partial charge in [-0.15, -0.1) is 0 Å². The number of aromatic nitrogens is 2. The van der Waals surface area contributed by atoms with Crippen molar-refractivity contribution in [1.29, 1.82) is 0 Å². The van der Waals surface area contributed by atoms with Gasteiger partial charge in [0.25, 0.3) is 0 Å². The number of anilines is 3. The quantitative estimate of drug-likeness (QED) is 0.848. The third-order valence-electron chi connectivity index (χ3n) is 3.36. The molecule has 4 nitrogen and oxygen atoms in total. The zero-order valence-corrected chi connectivity index (χ0v) is 13.4. The van der Waals surface area contributed by atoms with Gasteiger partial charge in [0.05, 0.1) is 0 Å². The highest BCUT2D eigenvalue weighted by molar-refractivity contribution is 5.63. The van der Waals surface area contributed by atoms with Crippen molar-refractivity contribution in [3.8, 4) is 0 Å². The summed E-state index contributed by atoms with van der Waals surface area (Å²) in [5, 5.41) is 6.53. The van der Waals surface area contributed by atoms with Crippen LogP contribution in [0.3, 0.4) is 0 Å². The van der Waals surface area contributed by atoms with E-state index in [4.69, 9.17) is 0 Å². The maximum atomic E-state index is 4.61. The molecule has 0 saturated carbocycles. The van der Waals surface area contributed by atoms with Crippen molar-refractivity contribution in [3.63, 3.8) is 0 Å². The van der Waals surface area contributed by atoms with Crippen LogP contribution in [0.25, 0.3) is 0 Å². The van der Waals surface area contributed by atoms with Crippen LogP contribution in [0.15, 0.2) is 30.3 Å². The number of nitrogens with one attached hydrogen (secondary N) is 2. The maximum absolute atomic E-state index is 4.61. The van der Waals surface area contributed by atoms with Gasteiger partial charge >= 0.3 is 0 Å². The van der Waals surface area contributed by atoms with E-state index in [0.717, 1.165) is 23.1 Å². The number of nitrogens with zero attached hydrogens (tertiary/aromatic N) is 2. The first-order valence-corrected chi connectivity index (χ1v) is 7.44. The van der Waals surface area contributed by atoms with Crippen LogP contribution < -0.4 is 10.6 Å². The molecular weight excluding hydrogens is 260 g/mol. The molecular formula is C17H24N4. The van der Waals surface area contributed by atoms with E-state index in [1.54, 1.807) is 0 Å². The highest BCUT2D eigenvalue weighted by Crippen LogP contribution is 2.27. The summed E-state index contributed by atoms with van der Waals surface area (Å²) in [5.41, 5.74) is 2.39. The van der Waals surface area contributed by atoms with Crippen LogP contribution in [0.5, 0.6) is 0 Å². The van der Waals surface area contributed by atoms with E-state index in [2.05, 4.69) is 66.5 Å². The maximum Gasteiger partial charge on any atom is 0.136 e. The lowest BCUT2D eigenvalue weighted by Gasteiger charge is -2.15. The molecule has 0 saturated heterocycles. The fourth-order valence-electron chi connectivity index (χ4n) is 2.17. The van der Waals surface area contributed by atoms with Crippen molar-refractivity contribution in [3.05, 3.63) is 41.7 Å². The molecule has 2 rings (SSSR count). The number of benzene rings is 1. The minimum atomic E-state index is 0.291. The predicted octanol–water partition coefficient (Wildman–Crippen LogP) is 4.51. The molecule has 21 heavy (non-hydrogen) atoms. The highest BCUT2D eigenvalue weighted by atomic mass is 15.1. The molecule has 1 aromatic heterocycles. The second kappa shape index (κ2) is 6.57. The zero-order chi connectivity index (χ0) is 15.4. The average molecular weight is 284 g/mol. The summed E-state index contributed by atoms with van der Waals surface area (Å²) in [6.45, 7) is 8.58. The molecule has 1 heterocycles. The van der Waals surface area contributed by atoms with E-state index < -0.39 is 0 Å². The van der Waals surface area contributed by atoms with Gasteiger partial charge in [-0.1, -0.05) is 45.9 Å². The molecule has 4 heteroatoms. The number of para-hydroxylation sites is 1. The van der Waals surface area contributed by atoms with E-state index in [1.165, 1.54) is 5.56 Å². The normalized spacial score (nSPS) is 11.0. The Balaban J connectivity index is 2.37. The van der Waals surface area contributed by atoms with Crippen molar-refractivity contribution in [1.82, 2.24) is 9.97 Å². The Hall–Kier alpha value is -2.10. The minimum Gasteiger partial charge on any atom is -0.373 e. The van der Waals surface area contributed by atoms with E-state index >= 15 is 0 Å². The number of hydrogen-bond donors (Lipinski definition) is 2. The van der Waals surface area contributed by atoms with Gasteiger partial charge in [0.2, 0.25) is 0 Å². The van der Waals surface area contributed by atoms with Crippen LogP contribution in [-0.4, -0.2) is 17.0 Å². The second-order valence-electron chi connectivity index (χ2n) is 5.77. The zero-order valence-electron chi connectivity index (χ0n) is 13.4. The molecule has 0 unspecified atom stereocenters. The summed E-state index contributed by atoms with van der Waals surface area (Å²) in [6.07, 6.45) is 0. The average Bonchev–Trinajstić information content (AvgIpc) is 2.47. The summed E-state index contributed by atoms with van der Waals surface area (Å²) < 4.78 is 0. The Morgan fingerprint density at radius 3 is 2.19 bits per heavy atom. The lowest BCUT2D eigenvalue weighted by atomic mass is 10.0. The molecule has 0 aliphatic rings. The molecule has 0 fully saturated rings. The molecule has 1 aromatic carbocycles. The monoisotopic (exact) mass is 284 g/mol. The third-order valence-corrected chi connectivity index (χ3v) is 3.36. The van der Waals surface area contributed by atoms with Gasteiger partial charge in [-0.3, -0.25) is 0 Å². The van der Waals surface area contributed by atoms with E-state index in [-0.39, 0.29) is 0 Å². The third kappa shape index (κ3) is 3.72. The topological polar surface area (TPSA) is 49.8 Å². The van der Waals surface area contributed by atoms with E-state index in [9.17, 15) is 0 Å².